The number of hydrogen-bond acceptors (Lipinski definition) is 3. The standard InChI is InChI=1S/C16H23Cl2N3O2.HI/c1-19-16(21-8-6-12(10-21)11-22-2)20-7-9-23-14-5-3-4-13(17)15(14)18;/h3-5,12H,6-11H2,1-2H3,(H,19,20);1H. The maximum atomic E-state index is 6.09. The van der Waals surface area contributed by atoms with Crippen LogP contribution in [0.1, 0.15) is 6.42 Å². The van der Waals surface area contributed by atoms with E-state index in [0.29, 0.717) is 34.9 Å². The van der Waals surface area contributed by atoms with Gasteiger partial charge in [0.1, 0.15) is 17.4 Å². The third-order valence-electron chi connectivity index (χ3n) is 3.76. The molecule has 0 saturated carbocycles. The minimum absolute atomic E-state index is 0. The lowest BCUT2D eigenvalue weighted by atomic mass is 10.1. The molecule has 0 radical (unpaired) electrons. The molecule has 0 bridgehead atoms. The summed E-state index contributed by atoms with van der Waals surface area (Å²) in [7, 11) is 3.54. The zero-order chi connectivity index (χ0) is 16.7. The molecule has 8 heteroatoms. The number of halogens is 3. The summed E-state index contributed by atoms with van der Waals surface area (Å²) in [6, 6.07) is 5.36. The molecule has 24 heavy (non-hydrogen) atoms. The van der Waals surface area contributed by atoms with Gasteiger partial charge in [-0.2, -0.15) is 0 Å². The Hall–Kier alpha value is -0.440. The molecule has 1 heterocycles. The van der Waals surface area contributed by atoms with Crippen molar-refractivity contribution < 1.29 is 9.47 Å². The summed E-state index contributed by atoms with van der Waals surface area (Å²) in [5.41, 5.74) is 0. The van der Waals surface area contributed by atoms with Crippen LogP contribution < -0.4 is 10.1 Å². The van der Waals surface area contributed by atoms with Crippen LogP contribution in [0.25, 0.3) is 0 Å². The van der Waals surface area contributed by atoms with E-state index in [1.165, 1.54) is 0 Å². The second-order valence-corrected chi connectivity index (χ2v) is 6.22. The van der Waals surface area contributed by atoms with Gasteiger partial charge < -0.3 is 19.7 Å². The highest BCUT2D eigenvalue weighted by Crippen LogP contribution is 2.31. The molecular formula is C16H24Cl2IN3O2. The Balaban J connectivity index is 0.00000288. The normalized spacial score (nSPS) is 17.6. The van der Waals surface area contributed by atoms with Crippen LogP contribution >= 0.6 is 47.2 Å². The molecule has 0 aliphatic carbocycles. The number of nitrogens with one attached hydrogen (secondary N) is 1. The van der Waals surface area contributed by atoms with Gasteiger partial charge in [0, 0.05) is 33.2 Å². The van der Waals surface area contributed by atoms with Gasteiger partial charge in [0.25, 0.3) is 0 Å². The van der Waals surface area contributed by atoms with Crippen molar-refractivity contribution >= 4 is 53.1 Å². The topological polar surface area (TPSA) is 46.1 Å². The van der Waals surface area contributed by atoms with Gasteiger partial charge >= 0.3 is 0 Å². The fourth-order valence-corrected chi connectivity index (χ4v) is 2.99. The maximum Gasteiger partial charge on any atom is 0.193 e. The maximum absolute atomic E-state index is 6.09. The van der Waals surface area contributed by atoms with Crippen LogP contribution in [0.2, 0.25) is 10.0 Å². The summed E-state index contributed by atoms with van der Waals surface area (Å²) >= 11 is 12.1. The molecule has 136 valence electrons. The predicted molar refractivity (Wildman–Crippen MR) is 110 cm³/mol. The zero-order valence-corrected chi connectivity index (χ0v) is 17.8. The van der Waals surface area contributed by atoms with Gasteiger partial charge in [-0.05, 0) is 18.6 Å². The molecule has 1 atom stereocenters. The Morgan fingerprint density at radius 3 is 2.92 bits per heavy atom. The average molecular weight is 488 g/mol. The average Bonchev–Trinajstić information content (AvgIpc) is 3.00. The highest BCUT2D eigenvalue weighted by atomic mass is 127. The number of aliphatic imine (C=N–C) groups is 1. The van der Waals surface area contributed by atoms with Gasteiger partial charge in [-0.15, -0.1) is 24.0 Å². The Morgan fingerprint density at radius 1 is 1.42 bits per heavy atom. The highest BCUT2D eigenvalue weighted by molar-refractivity contribution is 14.0. The predicted octanol–water partition coefficient (Wildman–Crippen LogP) is 3.53. The van der Waals surface area contributed by atoms with Crippen molar-refractivity contribution in [2.45, 2.75) is 6.42 Å². The Morgan fingerprint density at radius 2 is 2.21 bits per heavy atom. The van der Waals surface area contributed by atoms with Gasteiger partial charge in [0.15, 0.2) is 5.96 Å². The fraction of sp³-hybridized carbons (Fsp3) is 0.562. The number of methoxy groups -OCH3 is 1. The number of hydrogen-bond donors (Lipinski definition) is 1. The van der Waals surface area contributed by atoms with Crippen molar-refractivity contribution in [3.05, 3.63) is 28.2 Å². The highest BCUT2D eigenvalue weighted by Gasteiger charge is 2.24. The Kier molecular flexibility index (Phi) is 10.1. The van der Waals surface area contributed by atoms with Crippen molar-refractivity contribution in [1.82, 2.24) is 10.2 Å². The molecular weight excluding hydrogens is 464 g/mol. The smallest absolute Gasteiger partial charge is 0.193 e. The first-order chi connectivity index (χ1) is 11.2. The molecule has 5 nitrogen and oxygen atoms in total. The first kappa shape index (κ1) is 21.6. The fourth-order valence-electron chi connectivity index (χ4n) is 2.65. The summed E-state index contributed by atoms with van der Waals surface area (Å²) in [4.78, 5) is 6.57. The van der Waals surface area contributed by atoms with Crippen LogP contribution in [0.3, 0.4) is 0 Å². The van der Waals surface area contributed by atoms with Crippen molar-refractivity contribution in [2.24, 2.45) is 10.9 Å². The minimum Gasteiger partial charge on any atom is -0.490 e. The van der Waals surface area contributed by atoms with Gasteiger partial charge in [-0.25, -0.2) is 0 Å². The number of nitrogens with zero attached hydrogens (tertiary/aromatic N) is 2. The molecule has 1 aliphatic rings. The molecule has 2 rings (SSSR count). The van der Waals surface area contributed by atoms with Crippen molar-refractivity contribution in [2.75, 3.05) is 47.0 Å². The largest absolute Gasteiger partial charge is 0.490 e. The number of guanidine groups is 1. The molecule has 0 aromatic heterocycles. The summed E-state index contributed by atoms with van der Waals surface area (Å²) < 4.78 is 10.9. The third-order valence-corrected chi connectivity index (χ3v) is 4.56. The molecule has 0 amide bonds. The van der Waals surface area contributed by atoms with E-state index in [-0.39, 0.29) is 24.0 Å². The van der Waals surface area contributed by atoms with Crippen molar-refractivity contribution in [1.29, 1.82) is 0 Å². The number of ether oxygens (including phenoxy) is 2. The van der Waals surface area contributed by atoms with E-state index in [2.05, 4.69) is 15.2 Å². The lowest BCUT2D eigenvalue weighted by molar-refractivity contribution is 0.157. The molecule has 1 fully saturated rings. The van der Waals surface area contributed by atoms with E-state index >= 15 is 0 Å². The molecule has 1 aromatic carbocycles. The van der Waals surface area contributed by atoms with Crippen molar-refractivity contribution in [3.8, 4) is 5.75 Å². The van der Waals surface area contributed by atoms with Crippen LogP contribution in [0.4, 0.5) is 0 Å². The van der Waals surface area contributed by atoms with Crippen LogP contribution in [0, 0.1) is 5.92 Å². The Labute approximate surface area is 170 Å². The SMILES string of the molecule is CN=C(NCCOc1cccc(Cl)c1Cl)N1CCC(COC)C1.I. The van der Waals surface area contributed by atoms with Gasteiger partial charge in [0.05, 0.1) is 18.2 Å². The lowest BCUT2D eigenvalue weighted by Gasteiger charge is -2.21. The summed E-state index contributed by atoms with van der Waals surface area (Å²) in [5.74, 6) is 2.06. The van der Waals surface area contributed by atoms with Gasteiger partial charge in [-0.1, -0.05) is 29.3 Å². The Bertz CT molecular complexity index is 546. The second-order valence-electron chi connectivity index (χ2n) is 5.43. The molecule has 1 aromatic rings. The van der Waals surface area contributed by atoms with E-state index in [0.717, 1.165) is 32.1 Å². The van der Waals surface area contributed by atoms with Crippen LogP contribution in [-0.2, 0) is 4.74 Å². The van der Waals surface area contributed by atoms with E-state index in [9.17, 15) is 0 Å². The molecule has 1 aliphatic heterocycles. The van der Waals surface area contributed by atoms with E-state index < -0.39 is 0 Å². The summed E-state index contributed by atoms with van der Waals surface area (Å²) in [6.07, 6.45) is 1.13. The van der Waals surface area contributed by atoms with E-state index in [1.807, 2.05) is 6.07 Å². The van der Waals surface area contributed by atoms with Crippen LogP contribution in [0.15, 0.2) is 23.2 Å². The zero-order valence-electron chi connectivity index (χ0n) is 13.9. The van der Waals surface area contributed by atoms with E-state index in [1.54, 1.807) is 26.3 Å². The quantitative estimate of drug-likeness (QED) is 0.288. The van der Waals surface area contributed by atoms with Crippen molar-refractivity contribution in [3.63, 3.8) is 0 Å². The van der Waals surface area contributed by atoms with Gasteiger partial charge in [0.2, 0.25) is 0 Å². The molecule has 1 unspecified atom stereocenters. The number of benzene rings is 1. The third kappa shape index (κ3) is 6.13. The monoisotopic (exact) mass is 487 g/mol. The van der Waals surface area contributed by atoms with Crippen LogP contribution in [0.5, 0.6) is 5.75 Å². The second kappa shape index (κ2) is 11.2. The minimum atomic E-state index is 0. The molecule has 1 saturated heterocycles. The molecule has 0 spiro atoms. The van der Waals surface area contributed by atoms with Crippen LogP contribution in [-0.4, -0.2) is 57.9 Å². The first-order valence-electron chi connectivity index (χ1n) is 7.67. The molecule has 1 N–H and O–H groups in total. The number of likely N-dealkylation sites (tertiary alicyclic amines) is 1. The lowest BCUT2D eigenvalue weighted by Crippen LogP contribution is -2.41. The van der Waals surface area contributed by atoms with Gasteiger partial charge in [-0.3, -0.25) is 4.99 Å². The summed E-state index contributed by atoms with van der Waals surface area (Å²) in [6.45, 7) is 3.88. The summed E-state index contributed by atoms with van der Waals surface area (Å²) in [5, 5.41) is 4.25. The van der Waals surface area contributed by atoms with E-state index in [4.69, 9.17) is 32.7 Å². The first-order valence-corrected chi connectivity index (χ1v) is 8.42. The number of rotatable bonds is 6.